The van der Waals surface area contributed by atoms with Gasteiger partial charge >= 0.3 is 0 Å². The van der Waals surface area contributed by atoms with E-state index >= 15 is 0 Å². The molecule has 0 radical (unpaired) electrons. The van der Waals surface area contributed by atoms with Gasteiger partial charge in [0.15, 0.2) is 0 Å². The van der Waals surface area contributed by atoms with Crippen molar-refractivity contribution in [2.24, 2.45) is 0 Å². The van der Waals surface area contributed by atoms with Gasteiger partial charge in [-0.2, -0.15) is 5.10 Å². The molecule has 0 spiro atoms. The largest absolute Gasteiger partial charge is 0.309 e. The van der Waals surface area contributed by atoms with E-state index in [9.17, 15) is 0 Å². The Morgan fingerprint density at radius 1 is 1.00 bits per heavy atom. The lowest BCUT2D eigenvalue weighted by Crippen LogP contribution is -2.17. The predicted octanol–water partition coefficient (Wildman–Crippen LogP) is 3.83. The molecule has 1 heterocycles. The molecule has 3 aromatic rings. The molecule has 0 fully saturated rings. The van der Waals surface area contributed by atoms with Crippen LogP contribution in [0.15, 0.2) is 67.0 Å². The van der Waals surface area contributed by atoms with Crippen molar-refractivity contribution < 1.29 is 0 Å². The van der Waals surface area contributed by atoms with Gasteiger partial charge in [0, 0.05) is 16.8 Å². The molecule has 1 unspecified atom stereocenters. The van der Waals surface area contributed by atoms with E-state index in [1.165, 1.54) is 0 Å². The summed E-state index contributed by atoms with van der Waals surface area (Å²) in [6.45, 7) is 0. The van der Waals surface area contributed by atoms with E-state index in [-0.39, 0.29) is 6.04 Å². The number of nitrogens with zero attached hydrogens (tertiary/aromatic N) is 2. The highest BCUT2D eigenvalue weighted by molar-refractivity contribution is 6.30. The molecule has 3 rings (SSSR count). The molecule has 0 bridgehead atoms. The Morgan fingerprint density at radius 2 is 1.71 bits per heavy atom. The Hall–Kier alpha value is -2.10. The molecule has 1 N–H and O–H groups in total. The van der Waals surface area contributed by atoms with E-state index < -0.39 is 0 Å². The van der Waals surface area contributed by atoms with Crippen molar-refractivity contribution in [3.05, 3.63) is 83.1 Å². The zero-order valence-corrected chi connectivity index (χ0v) is 12.5. The highest BCUT2D eigenvalue weighted by Gasteiger charge is 2.14. The van der Waals surface area contributed by atoms with Gasteiger partial charge < -0.3 is 5.32 Å². The fourth-order valence-electron chi connectivity index (χ4n) is 2.39. The molecule has 0 amide bonds. The van der Waals surface area contributed by atoms with E-state index in [2.05, 4.69) is 10.4 Å². The number of para-hydroxylation sites is 1. The van der Waals surface area contributed by atoms with Crippen LogP contribution in [0.5, 0.6) is 0 Å². The number of hydrogen-bond acceptors (Lipinski definition) is 2. The maximum absolute atomic E-state index is 5.95. The standard InChI is InChI=1S/C17H16ClN3/c1-19-17(13-7-9-15(18)10-8-13)14-11-20-21(12-14)16-5-3-2-4-6-16/h2-12,17,19H,1H3. The Labute approximate surface area is 129 Å². The first kappa shape index (κ1) is 13.9. The molecule has 1 atom stereocenters. The maximum Gasteiger partial charge on any atom is 0.0645 e. The van der Waals surface area contributed by atoms with Crippen molar-refractivity contribution in [2.75, 3.05) is 7.05 Å². The second kappa shape index (κ2) is 6.12. The zero-order valence-electron chi connectivity index (χ0n) is 11.7. The molecule has 1 aromatic heterocycles. The topological polar surface area (TPSA) is 29.9 Å². The van der Waals surface area contributed by atoms with E-state index in [0.717, 1.165) is 21.8 Å². The second-order valence-electron chi connectivity index (χ2n) is 4.83. The first-order valence-corrected chi connectivity index (χ1v) is 7.18. The number of aromatic nitrogens is 2. The molecule has 21 heavy (non-hydrogen) atoms. The lowest BCUT2D eigenvalue weighted by Gasteiger charge is -2.14. The minimum atomic E-state index is 0.0970. The van der Waals surface area contributed by atoms with Crippen LogP contribution >= 0.6 is 11.6 Å². The Morgan fingerprint density at radius 3 is 2.38 bits per heavy atom. The third-order valence-electron chi connectivity index (χ3n) is 3.45. The average Bonchev–Trinajstić information content (AvgIpc) is 3.00. The smallest absolute Gasteiger partial charge is 0.0645 e. The van der Waals surface area contributed by atoms with Crippen molar-refractivity contribution in [3.63, 3.8) is 0 Å². The molecule has 106 valence electrons. The quantitative estimate of drug-likeness (QED) is 0.793. The fourth-order valence-corrected chi connectivity index (χ4v) is 2.51. The van der Waals surface area contributed by atoms with E-state index in [0.29, 0.717) is 0 Å². The van der Waals surface area contributed by atoms with Gasteiger partial charge in [-0.15, -0.1) is 0 Å². The molecule has 4 heteroatoms. The van der Waals surface area contributed by atoms with Crippen LogP contribution in [-0.4, -0.2) is 16.8 Å². The Kier molecular flexibility index (Phi) is 4.04. The van der Waals surface area contributed by atoms with E-state index in [4.69, 9.17) is 11.6 Å². The third-order valence-corrected chi connectivity index (χ3v) is 3.70. The lowest BCUT2D eigenvalue weighted by molar-refractivity contribution is 0.691. The second-order valence-corrected chi connectivity index (χ2v) is 5.26. The van der Waals surface area contributed by atoms with Crippen molar-refractivity contribution in [1.82, 2.24) is 15.1 Å². The van der Waals surface area contributed by atoms with Crippen molar-refractivity contribution in [2.45, 2.75) is 6.04 Å². The van der Waals surface area contributed by atoms with E-state index in [1.807, 2.05) is 78.7 Å². The number of benzene rings is 2. The van der Waals surface area contributed by atoms with Crippen LogP contribution < -0.4 is 5.32 Å². The third kappa shape index (κ3) is 2.99. The van der Waals surface area contributed by atoms with Gasteiger partial charge in [0.25, 0.3) is 0 Å². The van der Waals surface area contributed by atoms with Crippen molar-refractivity contribution in [3.8, 4) is 5.69 Å². The number of nitrogens with one attached hydrogen (secondary N) is 1. The van der Waals surface area contributed by atoms with Crippen LogP contribution in [0, 0.1) is 0 Å². The van der Waals surface area contributed by atoms with Crippen LogP contribution in [0.2, 0.25) is 5.02 Å². The summed E-state index contributed by atoms with van der Waals surface area (Å²) >= 11 is 5.95. The van der Waals surface area contributed by atoms with Crippen LogP contribution in [0.1, 0.15) is 17.2 Å². The zero-order chi connectivity index (χ0) is 14.7. The van der Waals surface area contributed by atoms with Gasteiger partial charge in [0.1, 0.15) is 0 Å². The molecule has 3 nitrogen and oxygen atoms in total. The number of hydrogen-bond donors (Lipinski definition) is 1. The summed E-state index contributed by atoms with van der Waals surface area (Å²) in [6.07, 6.45) is 3.94. The molecule has 0 saturated heterocycles. The summed E-state index contributed by atoms with van der Waals surface area (Å²) in [6, 6.07) is 18.0. The first-order valence-electron chi connectivity index (χ1n) is 6.80. The normalized spacial score (nSPS) is 12.3. The predicted molar refractivity (Wildman–Crippen MR) is 85.9 cm³/mol. The summed E-state index contributed by atoms with van der Waals surface area (Å²) in [5.41, 5.74) is 3.33. The van der Waals surface area contributed by atoms with Crippen LogP contribution in [-0.2, 0) is 0 Å². The Bertz CT molecular complexity index is 704. The molecule has 0 aliphatic carbocycles. The average molecular weight is 298 g/mol. The van der Waals surface area contributed by atoms with Gasteiger partial charge in [-0.1, -0.05) is 41.9 Å². The van der Waals surface area contributed by atoms with Crippen molar-refractivity contribution >= 4 is 11.6 Å². The first-order chi connectivity index (χ1) is 10.3. The molecule has 0 aliphatic rings. The lowest BCUT2D eigenvalue weighted by atomic mass is 10.0. The molecule has 0 aliphatic heterocycles. The highest BCUT2D eigenvalue weighted by atomic mass is 35.5. The minimum Gasteiger partial charge on any atom is -0.309 e. The molecular formula is C17H16ClN3. The summed E-state index contributed by atoms with van der Waals surface area (Å²) in [4.78, 5) is 0. The monoisotopic (exact) mass is 297 g/mol. The minimum absolute atomic E-state index is 0.0970. The van der Waals surface area contributed by atoms with Gasteiger partial charge in [-0.3, -0.25) is 0 Å². The molecular weight excluding hydrogens is 282 g/mol. The van der Waals surface area contributed by atoms with Gasteiger partial charge in [0.2, 0.25) is 0 Å². The van der Waals surface area contributed by atoms with Crippen LogP contribution in [0.4, 0.5) is 0 Å². The maximum atomic E-state index is 5.95. The van der Waals surface area contributed by atoms with Crippen LogP contribution in [0.3, 0.4) is 0 Å². The fraction of sp³-hybridized carbons (Fsp3) is 0.118. The summed E-state index contributed by atoms with van der Waals surface area (Å²) in [5, 5.41) is 8.52. The van der Waals surface area contributed by atoms with E-state index in [1.54, 1.807) is 0 Å². The number of halogens is 1. The Balaban J connectivity index is 1.92. The van der Waals surface area contributed by atoms with Gasteiger partial charge in [0.05, 0.1) is 17.9 Å². The highest BCUT2D eigenvalue weighted by Crippen LogP contribution is 2.23. The molecule has 2 aromatic carbocycles. The summed E-state index contributed by atoms with van der Waals surface area (Å²) in [7, 11) is 1.94. The SMILES string of the molecule is CNC(c1ccc(Cl)cc1)c1cnn(-c2ccccc2)c1. The van der Waals surface area contributed by atoms with Crippen molar-refractivity contribution in [1.29, 1.82) is 0 Å². The summed E-state index contributed by atoms with van der Waals surface area (Å²) in [5.74, 6) is 0. The van der Waals surface area contributed by atoms with Gasteiger partial charge in [-0.05, 0) is 36.9 Å². The molecule has 0 saturated carbocycles. The number of rotatable bonds is 4. The summed E-state index contributed by atoms with van der Waals surface area (Å²) < 4.78 is 1.88. The van der Waals surface area contributed by atoms with Gasteiger partial charge in [-0.25, -0.2) is 4.68 Å². The van der Waals surface area contributed by atoms with Crippen LogP contribution in [0.25, 0.3) is 5.69 Å².